The van der Waals surface area contributed by atoms with E-state index in [-0.39, 0.29) is 0 Å². The van der Waals surface area contributed by atoms with E-state index in [1.165, 1.54) is 55.0 Å². The van der Waals surface area contributed by atoms with Crippen molar-refractivity contribution >= 4 is 71.6 Å². The number of nitrogens with zero attached hydrogens (tertiary/aromatic N) is 2. The highest BCUT2D eigenvalue weighted by atomic mass is 16.3. The van der Waals surface area contributed by atoms with Gasteiger partial charge in [-0.15, -0.1) is 0 Å². The van der Waals surface area contributed by atoms with Gasteiger partial charge in [-0.3, -0.25) is 0 Å². The van der Waals surface area contributed by atoms with Crippen molar-refractivity contribution in [2.24, 2.45) is 0 Å². The average molecular weight is 779 g/mol. The summed E-state index contributed by atoms with van der Waals surface area (Å²) in [5, 5.41) is 7.02. The number of aromatic nitrogens is 1. The normalized spacial score (nSPS) is 11.6. The van der Waals surface area contributed by atoms with Gasteiger partial charge in [0.05, 0.1) is 22.4 Å². The number of benzene rings is 10. The Morgan fingerprint density at radius 1 is 0.328 bits per heavy atom. The molecular weight excluding hydrogens is 741 g/mol. The first kappa shape index (κ1) is 34.9. The number of anilines is 3. The Morgan fingerprint density at radius 2 is 0.885 bits per heavy atom. The Kier molecular flexibility index (Phi) is 8.17. The number of hydrogen-bond donors (Lipinski definition) is 0. The molecule has 61 heavy (non-hydrogen) atoms. The Balaban J connectivity index is 1.02. The van der Waals surface area contributed by atoms with Crippen molar-refractivity contribution in [2.45, 2.75) is 0 Å². The van der Waals surface area contributed by atoms with Crippen molar-refractivity contribution < 1.29 is 4.42 Å². The molecule has 3 heteroatoms. The molecular formula is C58H38N2O. The van der Waals surface area contributed by atoms with Crippen molar-refractivity contribution in [3.05, 3.63) is 231 Å². The van der Waals surface area contributed by atoms with E-state index in [2.05, 4.69) is 234 Å². The van der Waals surface area contributed by atoms with Gasteiger partial charge >= 0.3 is 0 Å². The molecule has 10 aromatic carbocycles. The summed E-state index contributed by atoms with van der Waals surface area (Å²) in [7, 11) is 0. The maximum absolute atomic E-state index is 6.72. The van der Waals surface area contributed by atoms with Crippen molar-refractivity contribution in [1.29, 1.82) is 0 Å². The molecule has 0 bridgehead atoms. The van der Waals surface area contributed by atoms with Crippen LogP contribution in [0.25, 0.3) is 93.6 Å². The molecule has 2 aromatic heterocycles. The molecule has 0 radical (unpaired) electrons. The van der Waals surface area contributed by atoms with Crippen LogP contribution in [0.15, 0.2) is 235 Å². The van der Waals surface area contributed by atoms with Crippen molar-refractivity contribution in [3.63, 3.8) is 0 Å². The third kappa shape index (κ3) is 5.82. The minimum absolute atomic E-state index is 0.859. The lowest BCUT2D eigenvalue weighted by Crippen LogP contribution is -2.11. The highest BCUT2D eigenvalue weighted by molar-refractivity contribution is 6.14. The van der Waals surface area contributed by atoms with Gasteiger partial charge in [-0.25, -0.2) is 0 Å². The SMILES string of the molecule is c1ccc(-c2ccc(-c3ccc(N(c4ccc(-c5ccc6c(c5)c5ccccc5n6-c5ccccc5)c5ccccc45)c4cccc5c4oc4ccccc45)cc3)cc2)cc1. The predicted octanol–water partition coefficient (Wildman–Crippen LogP) is 16.3. The van der Waals surface area contributed by atoms with Crippen LogP contribution in [0.3, 0.4) is 0 Å². The van der Waals surface area contributed by atoms with E-state index in [9.17, 15) is 0 Å². The fraction of sp³-hybridized carbons (Fsp3) is 0. The van der Waals surface area contributed by atoms with Gasteiger partial charge in [0.1, 0.15) is 5.58 Å². The number of para-hydroxylation sites is 4. The minimum atomic E-state index is 0.859. The quantitative estimate of drug-likeness (QED) is 0.161. The Morgan fingerprint density at radius 3 is 1.64 bits per heavy atom. The van der Waals surface area contributed by atoms with Crippen LogP contribution in [0.2, 0.25) is 0 Å². The molecule has 0 saturated carbocycles. The molecule has 0 amide bonds. The van der Waals surface area contributed by atoms with Gasteiger partial charge in [-0.05, 0) is 99.4 Å². The summed E-state index contributed by atoms with van der Waals surface area (Å²) < 4.78 is 9.09. The molecule has 0 aliphatic carbocycles. The molecule has 12 rings (SSSR count). The summed E-state index contributed by atoms with van der Waals surface area (Å²) in [4.78, 5) is 2.37. The van der Waals surface area contributed by atoms with Gasteiger partial charge in [-0.1, -0.05) is 170 Å². The summed E-state index contributed by atoms with van der Waals surface area (Å²) in [6, 6.07) is 82.8. The molecule has 0 fully saturated rings. The smallest absolute Gasteiger partial charge is 0.159 e. The second-order valence-corrected chi connectivity index (χ2v) is 15.7. The molecule has 0 atom stereocenters. The number of fused-ring (bicyclic) bond motifs is 7. The minimum Gasteiger partial charge on any atom is -0.454 e. The first-order valence-corrected chi connectivity index (χ1v) is 20.8. The second kappa shape index (κ2) is 14.3. The molecule has 0 N–H and O–H groups in total. The molecule has 3 nitrogen and oxygen atoms in total. The lowest BCUT2D eigenvalue weighted by molar-refractivity contribution is 0.669. The predicted molar refractivity (Wildman–Crippen MR) is 257 cm³/mol. The van der Waals surface area contributed by atoms with Crippen LogP contribution < -0.4 is 4.90 Å². The zero-order valence-electron chi connectivity index (χ0n) is 33.2. The van der Waals surface area contributed by atoms with E-state index in [1.807, 2.05) is 6.07 Å². The van der Waals surface area contributed by atoms with Crippen molar-refractivity contribution in [2.75, 3.05) is 4.90 Å². The third-order valence-corrected chi connectivity index (χ3v) is 12.2. The van der Waals surface area contributed by atoms with Gasteiger partial charge in [0.15, 0.2) is 5.58 Å². The maximum Gasteiger partial charge on any atom is 0.159 e. The molecule has 12 aromatic rings. The van der Waals surface area contributed by atoms with Crippen LogP contribution in [0.1, 0.15) is 0 Å². The van der Waals surface area contributed by atoms with E-state index in [1.54, 1.807) is 0 Å². The standard InChI is InChI=1S/C58H38N2O/c1-3-14-39(15-4-1)40-26-28-41(29-27-40)42-30-33-45(34-31-42)60(56-24-13-22-51-50-21-10-12-25-57(50)61-58(51)56)54-37-35-46(47-18-7-8-19-48(47)54)43-32-36-55-52(38-43)49-20-9-11-23-53(49)59(55)44-16-5-2-6-17-44/h1-38H. The Bertz CT molecular complexity index is 3560. The molecule has 2 heterocycles. The molecule has 286 valence electrons. The van der Waals surface area contributed by atoms with E-state index in [4.69, 9.17) is 4.42 Å². The largest absolute Gasteiger partial charge is 0.454 e. The summed E-state index contributed by atoms with van der Waals surface area (Å²) in [5.74, 6) is 0. The monoisotopic (exact) mass is 778 g/mol. The van der Waals surface area contributed by atoms with Crippen LogP contribution in [0.5, 0.6) is 0 Å². The number of rotatable bonds is 7. The van der Waals surface area contributed by atoms with Gasteiger partial charge in [0.2, 0.25) is 0 Å². The Hall–Kier alpha value is -8.14. The van der Waals surface area contributed by atoms with Gasteiger partial charge in [0.25, 0.3) is 0 Å². The zero-order chi connectivity index (χ0) is 40.3. The molecule has 0 aliphatic heterocycles. The van der Waals surface area contributed by atoms with Crippen LogP contribution in [0, 0.1) is 0 Å². The van der Waals surface area contributed by atoms with Crippen molar-refractivity contribution in [3.8, 4) is 39.1 Å². The summed E-state index contributed by atoms with van der Waals surface area (Å²) >= 11 is 0. The second-order valence-electron chi connectivity index (χ2n) is 15.7. The fourth-order valence-electron chi connectivity index (χ4n) is 9.33. The topological polar surface area (TPSA) is 21.3 Å². The van der Waals surface area contributed by atoms with E-state index in [0.717, 1.165) is 55.6 Å². The summed E-state index contributed by atoms with van der Waals surface area (Å²) in [6.45, 7) is 0. The van der Waals surface area contributed by atoms with Crippen LogP contribution in [-0.4, -0.2) is 4.57 Å². The third-order valence-electron chi connectivity index (χ3n) is 12.2. The number of furan rings is 1. The van der Waals surface area contributed by atoms with Gasteiger partial charge in [0, 0.05) is 38.3 Å². The summed E-state index contributed by atoms with van der Waals surface area (Å²) in [5.41, 5.74) is 15.5. The average Bonchev–Trinajstić information content (AvgIpc) is 3.89. The van der Waals surface area contributed by atoms with E-state index in [0.29, 0.717) is 0 Å². The molecule has 0 saturated heterocycles. The highest BCUT2D eigenvalue weighted by Crippen LogP contribution is 2.46. The lowest BCUT2D eigenvalue weighted by atomic mass is 9.95. The van der Waals surface area contributed by atoms with Crippen LogP contribution in [-0.2, 0) is 0 Å². The van der Waals surface area contributed by atoms with E-state index < -0.39 is 0 Å². The fourth-order valence-corrected chi connectivity index (χ4v) is 9.33. The maximum atomic E-state index is 6.72. The highest BCUT2D eigenvalue weighted by Gasteiger charge is 2.22. The summed E-state index contributed by atoms with van der Waals surface area (Å²) in [6.07, 6.45) is 0. The van der Waals surface area contributed by atoms with E-state index >= 15 is 0 Å². The number of hydrogen-bond acceptors (Lipinski definition) is 2. The van der Waals surface area contributed by atoms with Crippen molar-refractivity contribution in [1.82, 2.24) is 4.57 Å². The Labute approximate surface area is 353 Å². The molecule has 0 unspecified atom stereocenters. The van der Waals surface area contributed by atoms with Gasteiger partial charge in [-0.2, -0.15) is 0 Å². The van der Waals surface area contributed by atoms with Crippen LogP contribution >= 0.6 is 0 Å². The van der Waals surface area contributed by atoms with Gasteiger partial charge < -0.3 is 13.9 Å². The molecule has 0 spiro atoms. The first-order valence-electron chi connectivity index (χ1n) is 20.8. The van der Waals surface area contributed by atoms with Crippen LogP contribution in [0.4, 0.5) is 17.1 Å². The zero-order valence-corrected chi connectivity index (χ0v) is 33.2. The first-order chi connectivity index (χ1) is 30.3. The molecule has 0 aliphatic rings. The lowest BCUT2D eigenvalue weighted by Gasteiger charge is -2.27.